The van der Waals surface area contributed by atoms with Gasteiger partial charge >= 0.3 is 0 Å². The Balaban J connectivity index is 1.88. The molecule has 7 heteroatoms. The molecular formula is C17H18ClF2N3O. The van der Waals surface area contributed by atoms with Crippen LogP contribution < -0.4 is 0 Å². The van der Waals surface area contributed by atoms with Crippen LogP contribution in [-0.2, 0) is 31.2 Å². The van der Waals surface area contributed by atoms with Gasteiger partial charge in [-0.3, -0.25) is 9.48 Å². The molecule has 24 heavy (non-hydrogen) atoms. The largest absolute Gasteiger partial charge is 0.334 e. The predicted octanol–water partition coefficient (Wildman–Crippen LogP) is 2.82. The summed E-state index contributed by atoms with van der Waals surface area (Å²) >= 11 is 5.73. The first-order valence-electron chi connectivity index (χ1n) is 7.79. The summed E-state index contributed by atoms with van der Waals surface area (Å²) in [5.74, 6) is -1.85. The Labute approximate surface area is 144 Å². The standard InChI is InChI=1S/C17H18ClF2N3O/c1-22-16-7-12(6-5-11(16)9-21-22)23(17(24)8-18)10-13-14(19)3-2-4-15(13)20/h2-4,9,12H,5-8,10H2,1H3. The van der Waals surface area contributed by atoms with Crippen LogP contribution in [0.2, 0.25) is 0 Å². The first-order chi connectivity index (χ1) is 11.5. The van der Waals surface area contributed by atoms with E-state index in [-0.39, 0.29) is 29.9 Å². The lowest BCUT2D eigenvalue weighted by Crippen LogP contribution is -2.44. The highest BCUT2D eigenvalue weighted by Crippen LogP contribution is 2.26. The maximum Gasteiger partial charge on any atom is 0.238 e. The second-order valence-electron chi connectivity index (χ2n) is 5.99. The molecule has 0 saturated carbocycles. The maximum atomic E-state index is 14.0. The van der Waals surface area contributed by atoms with Crippen LogP contribution in [0.25, 0.3) is 0 Å². The van der Waals surface area contributed by atoms with Gasteiger partial charge in [-0.25, -0.2) is 8.78 Å². The van der Waals surface area contributed by atoms with Gasteiger partial charge in [0.2, 0.25) is 5.91 Å². The first kappa shape index (κ1) is 16.9. The molecule has 1 aliphatic carbocycles. The number of rotatable bonds is 4. The van der Waals surface area contributed by atoms with Gasteiger partial charge in [0.1, 0.15) is 17.5 Å². The van der Waals surface area contributed by atoms with Gasteiger partial charge in [0.25, 0.3) is 0 Å². The minimum absolute atomic E-state index is 0.105. The number of aryl methyl sites for hydroxylation is 2. The molecule has 1 aromatic heterocycles. The Kier molecular flexibility index (Phi) is 4.85. The smallest absolute Gasteiger partial charge is 0.238 e. The molecule has 2 aromatic rings. The van der Waals surface area contributed by atoms with Crippen molar-refractivity contribution in [3.63, 3.8) is 0 Å². The molecule has 1 heterocycles. The van der Waals surface area contributed by atoms with Crippen LogP contribution >= 0.6 is 11.6 Å². The van der Waals surface area contributed by atoms with Crippen molar-refractivity contribution < 1.29 is 13.6 Å². The van der Waals surface area contributed by atoms with Crippen molar-refractivity contribution >= 4 is 17.5 Å². The minimum Gasteiger partial charge on any atom is -0.334 e. The lowest BCUT2D eigenvalue weighted by molar-refractivity contribution is -0.131. The number of halogens is 3. The number of carbonyl (C=O) groups excluding carboxylic acids is 1. The third kappa shape index (κ3) is 3.15. The van der Waals surface area contributed by atoms with Crippen LogP contribution in [0.4, 0.5) is 8.78 Å². The number of nitrogens with zero attached hydrogens (tertiary/aromatic N) is 3. The Bertz CT molecular complexity index is 742. The average Bonchev–Trinajstić information content (AvgIpc) is 2.95. The number of carbonyl (C=O) groups is 1. The van der Waals surface area contributed by atoms with Crippen LogP contribution in [0.5, 0.6) is 0 Å². The average molecular weight is 354 g/mol. The Hall–Kier alpha value is -1.95. The lowest BCUT2D eigenvalue weighted by Gasteiger charge is -2.34. The quantitative estimate of drug-likeness (QED) is 0.793. The number of aromatic nitrogens is 2. The van der Waals surface area contributed by atoms with Crippen LogP contribution in [-0.4, -0.2) is 32.5 Å². The molecule has 0 N–H and O–H groups in total. The molecule has 1 unspecified atom stereocenters. The second-order valence-corrected chi connectivity index (χ2v) is 6.26. The Morgan fingerprint density at radius 3 is 2.79 bits per heavy atom. The van der Waals surface area contributed by atoms with Crippen molar-refractivity contribution in [2.24, 2.45) is 7.05 Å². The van der Waals surface area contributed by atoms with Gasteiger partial charge in [-0.2, -0.15) is 5.10 Å². The van der Waals surface area contributed by atoms with Gasteiger partial charge in [-0.1, -0.05) is 6.07 Å². The normalized spacial score (nSPS) is 16.8. The van der Waals surface area contributed by atoms with E-state index >= 15 is 0 Å². The van der Waals surface area contributed by atoms with Crippen molar-refractivity contribution in [3.8, 4) is 0 Å². The van der Waals surface area contributed by atoms with E-state index in [0.29, 0.717) is 6.42 Å². The summed E-state index contributed by atoms with van der Waals surface area (Å²) in [5.41, 5.74) is 2.10. The van der Waals surface area contributed by atoms with Gasteiger partial charge in [0.05, 0.1) is 12.7 Å². The van der Waals surface area contributed by atoms with Gasteiger partial charge in [0, 0.05) is 30.8 Å². The molecule has 0 bridgehead atoms. The Morgan fingerprint density at radius 1 is 1.42 bits per heavy atom. The highest BCUT2D eigenvalue weighted by Gasteiger charge is 2.30. The summed E-state index contributed by atoms with van der Waals surface area (Å²) in [5, 5.41) is 4.24. The molecule has 1 aromatic carbocycles. The zero-order valence-corrected chi connectivity index (χ0v) is 14.1. The van der Waals surface area contributed by atoms with Crippen molar-refractivity contribution in [1.29, 1.82) is 0 Å². The van der Waals surface area contributed by atoms with Crippen molar-refractivity contribution in [1.82, 2.24) is 14.7 Å². The minimum atomic E-state index is -0.653. The number of fused-ring (bicyclic) bond motifs is 1. The van der Waals surface area contributed by atoms with Crippen LogP contribution in [0.3, 0.4) is 0 Å². The van der Waals surface area contributed by atoms with Crippen LogP contribution in [0.1, 0.15) is 23.2 Å². The second kappa shape index (κ2) is 6.89. The van der Waals surface area contributed by atoms with E-state index in [1.165, 1.54) is 23.1 Å². The van der Waals surface area contributed by atoms with Crippen molar-refractivity contribution in [2.75, 3.05) is 5.88 Å². The molecule has 0 aliphatic heterocycles. The zero-order chi connectivity index (χ0) is 17.3. The van der Waals surface area contributed by atoms with Crippen molar-refractivity contribution in [3.05, 3.63) is 52.9 Å². The van der Waals surface area contributed by atoms with E-state index in [4.69, 9.17) is 11.6 Å². The Morgan fingerprint density at radius 2 is 2.12 bits per heavy atom. The SMILES string of the molecule is Cn1ncc2c1CC(N(Cc1c(F)cccc1F)C(=O)CCl)CC2. The monoisotopic (exact) mass is 353 g/mol. The number of alkyl halides is 1. The summed E-state index contributed by atoms with van der Waals surface area (Å²) in [6.07, 6.45) is 3.93. The number of amides is 1. The topological polar surface area (TPSA) is 38.1 Å². The highest BCUT2D eigenvalue weighted by molar-refractivity contribution is 6.27. The molecule has 0 radical (unpaired) electrons. The molecule has 128 valence electrons. The first-order valence-corrected chi connectivity index (χ1v) is 8.32. The molecular weight excluding hydrogens is 336 g/mol. The van der Waals surface area contributed by atoms with Gasteiger partial charge < -0.3 is 4.90 Å². The number of hydrogen-bond acceptors (Lipinski definition) is 2. The molecule has 4 nitrogen and oxygen atoms in total. The number of hydrogen-bond donors (Lipinski definition) is 0. The molecule has 0 fully saturated rings. The zero-order valence-electron chi connectivity index (χ0n) is 13.3. The molecule has 0 saturated heterocycles. The van der Waals surface area contributed by atoms with Crippen LogP contribution in [0, 0.1) is 11.6 Å². The van der Waals surface area contributed by atoms with Crippen LogP contribution in [0.15, 0.2) is 24.4 Å². The molecule has 1 aliphatic rings. The molecule has 3 rings (SSSR count). The van der Waals surface area contributed by atoms with E-state index in [2.05, 4.69) is 5.10 Å². The van der Waals surface area contributed by atoms with E-state index in [1.54, 1.807) is 4.68 Å². The van der Waals surface area contributed by atoms with E-state index in [9.17, 15) is 13.6 Å². The third-order valence-electron chi connectivity index (χ3n) is 4.59. The van der Waals surface area contributed by atoms with Gasteiger partial charge in [-0.15, -0.1) is 11.6 Å². The molecule has 0 spiro atoms. The summed E-state index contributed by atoms with van der Waals surface area (Å²) in [4.78, 5) is 13.8. The maximum absolute atomic E-state index is 14.0. The summed E-state index contributed by atoms with van der Waals surface area (Å²) in [6, 6.07) is 3.55. The molecule has 1 atom stereocenters. The van der Waals surface area contributed by atoms with E-state index in [0.717, 1.165) is 24.1 Å². The number of benzene rings is 1. The predicted molar refractivity (Wildman–Crippen MR) is 86.6 cm³/mol. The fourth-order valence-corrected chi connectivity index (χ4v) is 3.40. The van der Waals surface area contributed by atoms with E-state index < -0.39 is 11.6 Å². The highest BCUT2D eigenvalue weighted by atomic mass is 35.5. The molecule has 1 amide bonds. The fraction of sp³-hybridized carbons (Fsp3) is 0.412. The summed E-state index contributed by atoms with van der Waals surface area (Å²) in [6.45, 7) is -0.123. The van der Waals surface area contributed by atoms with Gasteiger partial charge in [-0.05, 0) is 30.5 Å². The summed E-state index contributed by atoms with van der Waals surface area (Å²) in [7, 11) is 1.85. The lowest BCUT2D eigenvalue weighted by atomic mass is 9.92. The van der Waals surface area contributed by atoms with E-state index in [1.807, 2.05) is 13.2 Å². The van der Waals surface area contributed by atoms with Gasteiger partial charge in [0.15, 0.2) is 0 Å². The third-order valence-corrected chi connectivity index (χ3v) is 4.82. The van der Waals surface area contributed by atoms with Crippen molar-refractivity contribution in [2.45, 2.75) is 31.8 Å². The fourth-order valence-electron chi connectivity index (χ4n) is 3.25. The summed E-state index contributed by atoms with van der Waals surface area (Å²) < 4.78 is 29.7.